The highest BCUT2D eigenvalue weighted by atomic mass is 16.5. The van der Waals surface area contributed by atoms with Crippen molar-refractivity contribution in [1.82, 2.24) is 4.90 Å². The Balaban J connectivity index is 1.56. The minimum Gasteiger partial charge on any atom is -0.482 e. The molecule has 1 aliphatic carbocycles. The Morgan fingerprint density at radius 2 is 2.13 bits per heavy atom. The molecule has 5 heteroatoms. The monoisotopic (exact) mass is 318 g/mol. The molecular formula is C18H26N2O3. The lowest BCUT2D eigenvalue weighted by atomic mass is 9.94. The number of hydrogen-bond donors (Lipinski definition) is 2. The van der Waals surface area contributed by atoms with E-state index in [4.69, 9.17) is 4.74 Å². The minimum atomic E-state index is -0.523. The predicted molar refractivity (Wildman–Crippen MR) is 89.6 cm³/mol. The number of ether oxygens (including phenoxy) is 1. The lowest BCUT2D eigenvalue weighted by Crippen LogP contribution is -2.34. The van der Waals surface area contributed by atoms with E-state index in [1.54, 1.807) is 0 Å². The zero-order valence-corrected chi connectivity index (χ0v) is 13.8. The van der Waals surface area contributed by atoms with Crippen LogP contribution in [0.2, 0.25) is 0 Å². The fourth-order valence-corrected chi connectivity index (χ4v) is 3.50. The molecule has 0 radical (unpaired) electrons. The molecule has 1 heterocycles. The molecule has 0 aromatic heterocycles. The summed E-state index contributed by atoms with van der Waals surface area (Å²) in [4.78, 5) is 13.8. The molecule has 2 N–H and O–H groups in total. The van der Waals surface area contributed by atoms with Gasteiger partial charge in [-0.15, -0.1) is 0 Å². The highest BCUT2D eigenvalue weighted by Crippen LogP contribution is 2.31. The molecule has 1 saturated carbocycles. The van der Waals surface area contributed by atoms with Gasteiger partial charge in [-0.05, 0) is 44.0 Å². The number of carbonyl (C=O) groups is 1. The lowest BCUT2D eigenvalue weighted by molar-refractivity contribution is -0.118. The van der Waals surface area contributed by atoms with E-state index in [9.17, 15) is 9.90 Å². The standard InChI is InChI=1S/C18H26N2O3/c1-20(14-5-3-2-4-6-14)10-9-16(21)13-7-8-17-15(11-13)19-18(22)12-23-17/h7-8,11,14,16,21H,2-6,9-10,12H2,1H3,(H,19,22). The van der Waals surface area contributed by atoms with Crippen molar-refractivity contribution in [1.29, 1.82) is 0 Å². The first-order valence-corrected chi connectivity index (χ1v) is 8.58. The van der Waals surface area contributed by atoms with Crippen LogP contribution in [0.3, 0.4) is 0 Å². The summed E-state index contributed by atoms with van der Waals surface area (Å²) < 4.78 is 5.35. The summed E-state index contributed by atoms with van der Waals surface area (Å²) in [5, 5.41) is 13.2. The molecule has 0 bridgehead atoms. The van der Waals surface area contributed by atoms with E-state index < -0.39 is 6.10 Å². The first-order chi connectivity index (χ1) is 11.1. The van der Waals surface area contributed by atoms with E-state index in [-0.39, 0.29) is 12.5 Å². The van der Waals surface area contributed by atoms with Crippen LogP contribution >= 0.6 is 0 Å². The van der Waals surface area contributed by atoms with Gasteiger partial charge in [0, 0.05) is 12.6 Å². The lowest BCUT2D eigenvalue weighted by Gasteiger charge is -2.31. The molecule has 1 aromatic carbocycles. The second-order valence-electron chi connectivity index (χ2n) is 6.67. The summed E-state index contributed by atoms with van der Waals surface area (Å²) in [7, 11) is 2.16. The largest absolute Gasteiger partial charge is 0.482 e. The number of amides is 1. The summed E-state index contributed by atoms with van der Waals surface area (Å²) in [6.07, 6.45) is 6.72. The van der Waals surface area contributed by atoms with Crippen molar-refractivity contribution in [3.63, 3.8) is 0 Å². The zero-order chi connectivity index (χ0) is 16.2. The molecule has 126 valence electrons. The van der Waals surface area contributed by atoms with Crippen LogP contribution in [0.15, 0.2) is 18.2 Å². The van der Waals surface area contributed by atoms with Gasteiger partial charge in [-0.1, -0.05) is 25.3 Å². The van der Waals surface area contributed by atoms with Crippen molar-refractivity contribution < 1.29 is 14.6 Å². The minimum absolute atomic E-state index is 0.0566. The van der Waals surface area contributed by atoms with Crippen LogP contribution in [-0.2, 0) is 4.79 Å². The second kappa shape index (κ2) is 7.32. The first-order valence-electron chi connectivity index (χ1n) is 8.58. The van der Waals surface area contributed by atoms with E-state index in [1.165, 1.54) is 32.1 Å². The summed E-state index contributed by atoms with van der Waals surface area (Å²) in [6.45, 7) is 0.937. The van der Waals surface area contributed by atoms with Gasteiger partial charge in [0.05, 0.1) is 11.8 Å². The van der Waals surface area contributed by atoms with Crippen molar-refractivity contribution in [2.45, 2.75) is 50.7 Å². The van der Waals surface area contributed by atoms with Gasteiger partial charge in [0.1, 0.15) is 5.75 Å². The van der Waals surface area contributed by atoms with Gasteiger partial charge in [-0.2, -0.15) is 0 Å². The van der Waals surface area contributed by atoms with Crippen LogP contribution in [0.1, 0.15) is 50.2 Å². The Morgan fingerprint density at radius 3 is 2.91 bits per heavy atom. The van der Waals surface area contributed by atoms with Crippen molar-refractivity contribution in [2.24, 2.45) is 0 Å². The quantitative estimate of drug-likeness (QED) is 0.876. The van der Waals surface area contributed by atoms with Crippen LogP contribution in [-0.4, -0.2) is 42.2 Å². The Bertz CT molecular complexity index is 555. The molecule has 1 unspecified atom stereocenters. The number of rotatable bonds is 5. The van der Waals surface area contributed by atoms with E-state index in [0.29, 0.717) is 23.9 Å². The SMILES string of the molecule is CN(CCC(O)c1ccc2c(c1)NC(=O)CO2)C1CCCCC1. The highest BCUT2D eigenvalue weighted by molar-refractivity contribution is 5.95. The maximum atomic E-state index is 11.4. The fourth-order valence-electron chi connectivity index (χ4n) is 3.50. The number of nitrogens with one attached hydrogen (secondary N) is 1. The number of aliphatic hydroxyl groups is 1. The van der Waals surface area contributed by atoms with Gasteiger partial charge in [-0.25, -0.2) is 0 Å². The van der Waals surface area contributed by atoms with E-state index in [0.717, 1.165) is 12.1 Å². The number of anilines is 1. The van der Waals surface area contributed by atoms with Gasteiger partial charge < -0.3 is 20.1 Å². The third-order valence-corrected chi connectivity index (χ3v) is 4.97. The van der Waals surface area contributed by atoms with Gasteiger partial charge in [-0.3, -0.25) is 4.79 Å². The van der Waals surface area contributed by atoms with Crippen molar-refractivity contribution >= 4 is 11.6 Å². The van der Waals surface area contributed by atoms with Crippen molar-refractivity contribution in [3.05, 3.63) is 23.8 Å². The fraction of sp³-hybridized carbons (Fsp3) is 0.611. The molecule has 23 heavy (non-hydrogen) atoms. The molecule has 1 fully saturated rings. The van der Waals surface area contributed by atoms with Crippen LogP contribution in [0.5, 0.6) is 5.75 Å². The van der Waals surface area contributed by atoms with E-state index in [1.807, 2.05) is 18.2 Å². The number of benzene rings is 1. The molecule has 5 nitrogen and oxygen atoms in total. The average molecular weight is 318 g/mol. The van der Waals surface area contributed by atoms with E-state index in [2.05, 4.69) is 17.3 Å². The van der Waals surface area contributed by atoms with Gasteiger partial charge in [0.15, 0.2) is 6.61 Å². The number of aliphatic hydroxyl groups excluding tert-OH is 1. The topological polar surface area (TPSA) is 61.8 Å². The normalized spacial score (nSPS) is 19.9. The third-order valence-electron chi connectivity index (χ3n) is 4.97. The molecule has 0 spiro atoms. The van der Waals surface area contributed by atoms with Gasteiger partial charge >= 0.3 is 0 Å². The van der Waals surface area contributed by atoms with Crippen molar-refractivity contribution in [2.75, 3.05) is 25.5 Å². The number of hydrogen-bond acceptors (Lipinski definition) is 4. The summed E-state index contributed by atoms with van der Waals surface area (Å²) in [5.41, 5.74) is 1.48. The second-order valence-corrected chi connectivity index (χ2v) is 6.67. The molecule has 1 amide bonds. The van der Waals surface area contributed by atoms with Crippen LogP contribution in [0.25, 0.3) is 0 Å². The molecule has 3 rings (SSSR count). The van der Waals surface area contributed by atoms with Crippen LogP contribution < -0.4 is 10.1 Å². The average Bonchev–Trinajstić information content (AvgIpc) is 2.59. The van der Waals surface area contributed by atoms with E-state index >= 15 is 0 Å². The predicted octanol–water partition coefficient (Wildman–Crippen LogP) is 2.71. The molecule has 2 aliphatic rings. The molecule has 1 aromatic rings. The van der Waals surface area contributed by atoms with Gasteiger partial charge in [0.2, 0.25) is 0 Å². The van der Waals surface area contributed by atoms with Gasteiger partial charge in [0.25, 0.3) is 5.91 Å². The van der Waals surface area contributed by atoms with Crippen LogP contribution in [0.4, 0.5) is 5.69 Å². The zero-order valence-electron chi connectivity index (χ0n) is 13.8. The molecule has 1 atom stereocenters. The Kier molecular flexibility index (Phi) is 5.18. The molecule has 1 aliphatic heterocycles. The summed E-state index contributed by atoms with van der Waals surface area (Å²) in [5.74, 6) is 0.515. The maximum absolute atomic E-state index is 11.4. The highest BCUT2D eigenvalue weighted by Gasteiger charge is 2.20. The maximum Gasteiger partial charge on any atom is 0.262 e. The molecular weight excluding hydrogens is 292 g/mol. The molecule has 0 saturated heterocycles. The number of carbonyl (C=O) groups excluding carboxylic acids is 1. The smallest absolute Gasteiger partial charge is 0.262 e. The van der Waals surface area contributed by atoms with Crippen molar-refractivity contribution in [3.8, 4) is 5.75 Å². The number of nitrogens with zero attached hydrogens (tertiary/aromatic N) is 1. The Morgan fingerprint density at radius 1 is 1.35 bits per heavy atom. The Labute approximate surface area is 137 Å². The van der Waals surface area contributed by atoms with Crippen LogP contribution in [0, 0.1) is 0 Å². The summed E-state index contributed by atoms with van der Waals surface area (Å²) >= 11 is 0. The summed E-state index contributed by atoms with van der Waals surface area (Å²) in [6, 6.07) is 6.17. The number of fused-ring (bicyclic) bond motifs is 1. The Hall–Kier alpha value is -1.59. The third kappa shape index (κ3) is 4.03. The first kappa shape index (κ1) is 16.3.